The zero-order chi connectivity index (χ0) is 11.1. The van der Waals surface area contributed by atoms with Crippen molar-refractivity contribution in [2.45, 2.75) is 40.7 Å². The number of allylic oxidation sites excluding steroid dienone is 2. The van der Waals surface area contributed by atoms with Crippen LogP contribution in [-0.2, 0) is 0 Å². The van der Waals surface area contributed by atoms with Crippen LogP contribution in [0.25, 0.3) is 0 Å². The summed E-state index contributed by atoms with van der Waals surface area (Å²) in [5.74, 6) is 1.29. The lowest BCUT2D eigenvalue weighted by atomic mass is 10.1. The van der Waals surface area contributed by atoms with E-state index < -0.39 is 0 Å². The van der Waals surface area contributed by atoms with Crippen molar-refractivity contribution < 1.29 is 0 Å². The highest BCUT2D eigenvalue weighted by Crippen LogP contribution is 2.06. The largest absolute Gasteiger partial charge is 0.368 e. The number of hydrogen-bond acceptors (Lipinski definition) is 2. The van der Waals surface area contributed by atoms with Gasteiger partial charge in [0, 0.05) is 12.3 Å². The number of nitrogens with one attached hydrogen (secondary N) is 1. The van der Waals surface area contributed by atoms with E-state index in [-0.39, 0.29) is 0 Å². The van der Waals surface area contributed by atoms with Crippen LogP contribution in [0.3, 0.4) is 0 Å². The number of nitrogens with zero attached hydrogens (tertiary/aromatic N) is 1. The molecule has 0 saturated heterocycles. The molecule has 2 heteroatoms. The molecule has 0 radical (unpaired) electrons. The molecule has 0 heterocycles. The molecule has 0 saturated carbocycles. The number of hydrogen-bond donors (Lipinski definition) is 1. The van der Waals surface area contributed by atoms with E-state index in [9.17, 15) is 0 Å². The van der Waals surface area contributed by atoms with E-state index >= 15 is 0 Å². The predicted molar refractivity (Wildman–Crippen MR) is 64.5 cm³/mol. The Morgan fingerprint density at radius 2 is 1.86 bits per heavy atom. The van der Waals surface area contributed by atoms with Gasteiger partial charge >= 0.3 is 0 Å². The van der Waals surface area contributed by atoms with Gasteiger partial charge in [-0.25, -0.2) is 4.99 Å². The number of rotatable bonds is 5. The summed E-state index contributed by atoms with van der Waals surface area (Å²) in [5, 5.41) is 3.12. The fourth-order valence-corrected chi connectivity index (χ4v) is 0.808. The molecule has 0 aromatic rings. The van der Waals surface area contributed by atoms with Crippen LogP contribution in [0.5, 0.6) is 0 Å². The smallest absolute Gasteiger partial charge is 0.118 e. The third-order valence-electron chi connectivity index (χ3n) is 1.93. The molecular formula is C12H22N2. The van der Waals surface area contributed by atoms with E-state index in [1.807, 2.05) is 6.08 Å². The van der Waals surface area contributed by atoms with Gasteiger partial charge in [0.2, 0.25) is 0 Å². The monoisotopic (exact) mass is 194 g/mol. The van der Waals surface area contributed by atoms with Crippen LogP contribution in [-0.4, -0.2) is 12.3 Å². The Hall–Kier alpha value is -1.05. The van der Waals surface area contributed by atoms with Gasteiger partial charge in [0.25, 0.3) is 0 Å². The van der Waals surface area contributed by atoms with Gasteiger partial charge in [-0.3, -0.25) is 0 Å². The molecule has 0 bridgehead atoms. The van der Waals surface area contributed by atoms with Crippen molar-refractivity contribution in [2.24, 2.45) is 10.9 Å². The zero-order valence-corrected chi connectivity index (χ0v) is 9.96. The third-order valence-corrected chi connectivity index (χ3v) is 1.93. The summed E-state index contributed by atoms with van der Waals surface area (Å²) >= 11 is 0. The van der Waals surface area contributed by atoms with Crippen LogP contribution in [0, 0.1) is 5.92 Å². The van der Waals surface area contributed by atoms with Gasteiger partial charge in [-0.05, 0) is 32.8 Å². The fraction of sp³-hybridized carbons (Fsp3) is 0.583. The lowest BCUT2D eigenvalue weighted by molar-refractivity contribution is 0.666. The first-order valence-corrected chi connectivity index (χ1v) is 5.09. The lowest BCUT2D eigenvalue weighted by Crippen LogP contribution is -2.20. The van der Waals surface area contributed by atoms with Crippen LogP contribution >= 0.6 is 0 Å². The number of aliphatic imine (C=N–C) groups is 1. The van der Waals surface area contributed by atoms with Crippen LogP contribution < -0.4 is 5.32 Å². The molecule has 0 fully saturated rings. The quantitative estimate of drug-likeness (QED) is 0.668. The Labute approximate surface area is 87.8 Å². The highest BCUT2D eigenvalue weighted by molar-refractivity contribution is 5.73. The molecule has 0 spiro atoms. The molecule has 0 unspecified atom stereocenters. The summed E-state index contributed by atoms with van der Waals surface area (Å²) in [6.07, 6.45) is 3.82. The molecule has 0 aliphatic heterocycles. The fourth-order valence-electron chi connectivity index (χ4n) is 0.808. The minimum Gasteiger partial charge on any atom is -0.368 e. The maximum atomic E-state index is 4.18. The van der Waals surface area contributed by atoms with Crippen molar-refractivity contribution in [2.75, 3.05) is 0 Å². The van der Waals surface area contributed by atoms with Crippen molar-refractivity contribution in [3.8, 4) is 0 Å². The van der Waals surface area contributed by atoms with Crippen molar-refractivity contribution in [3.63, 3.8) is 0 Å². The molecule has 0 aromatic carbocycles. The molecule has 0 rings (SSSR count). The Balaban J connectivity index is 4.06. The topological polar surface area (TPSA) is 24.4 Å². The maximum Gasteiger partial charge on any atom is 0.118 e. The van der Waals surface area contributed by atoms with Gasteiger partial charge in [0.05, 0.1) is 0 Å². The molecule has 2 nitrogen and oxygen atoms in total. The van der Waals surface area contributed by atoms with Gasteiger partial charge in [-0.1, -0.05) is 26.0 Å². The van der Waals surface area contributed by atoms with E-state index in [0.29, 0.717) is 17.8 Å². The Bertz CT molecular complexity index is 235. The Kier molecular flexibility index (Phi) is 5.93. The first-order chi connectivity index (χ1) is 6.43. The standard InChI is InChI=1S/C12H22N2/c1-9(2)11(5)7-8-13-12(6)14-10(3)4/h7-10,14H,6H2,1-5H3/b11-7+,13-8-. The van der Waals surface area contributed by atoms with Gasteiger partial charge < -0.3 is 5.32 Å². The third kappa shape index (κ3) is 6.46. The summed E-state index contributed by atoms with van der Waals surface area (Å²) in [6, 6.07) is 0.384. The van der Waals surface area contributed by atoms with Crippen LogP contribution in [0.15, 0.2) is 29.0 Å². The molecule has 0 aliphatic rings. The van der Waals surface area contributed by atoms with Gasteiger partial charge in [0.15, 0.2) is 0 Å². The average Bonchev–Trinajstić information content (AvgIpc) is 2.02. The summed E-state index contributed by atoms with van der Waals surface area (Å²) in [6.45, 7) is 14.4. The van der Waals surface area contributed by atoms with Crippen LogP contribution in [0.2, 0.25) is 0 Å². The highest BCUT2D eigenvalue weighted by atomic mass is 15.0. The van der Waals surface area contributed by atoms with E-state index in [2.05, 4.69) is 51.5 Å². The molecule has 0 atom stereocenters. The zero-order valence-electron chi connectivity index (χ0n) is 9.96. The lowest BCUT2D eigenvalue weighted by Gasteiger charge is -2.07. The van der Waals surface area contributed by atoms with E-state index in [4.69, 9.17) is 0 Å². The SMILES string of the molecule is C=C(/N=C\C=C(/C)C(C)C)NC(C)C. The van der Waals surface area contributed by atoms with E-state index in [1.165, 1.54) is 5.57 Å². The second kappa shape index (κ2) is 6.41. The van der Waals surface area contributed by atoms with E-state index in [0.717, 1.165) is 0 Å². The first-order valence-electron chi connectivity index (χ1n) is 5.09. The van der Waals surface area contributed by atoms with Crippen molar-refractivity contribution >= 4 is 6.21 Å². The molecule has 0 aromatic heterocycles. The second-order valence-electron chi connectivity index (χ2n) is 4.09. The minimum absolute atomic E-state index is 0.384. The molecular weight excluding hydrogens is 172 g/mol. The summed E-state index contributed by atoms with van der Waals surface area (Å²) in [5.41, 5.74) is 1.33. The van der Waals surface area contributed by atoms with Crippen molar-refractivity contribution in [1.29, 1.82) is 0 Å². The van der Waals surface area contributed by atoms with Gasteiger partial charge in [-0.2, -0.15) is 0 Å². The molecule has 80 valence electrons. The van der Waals surface area contributed by atoms with Gasteiger partial charge in [-0.15, -0.1) is 0 Å². The highest BCUT2D eigenvalue weighted by Gasteiger charge is 1.94. The Morgan fingerprint density at radius 3 is 2.29 bits per heavy atom. The molecule has 1 N–H and O–H groups in total. The Morgan fingerprint density at radius 1 is 1.29 bits per heavy atom. The van der Waals surface area contributed by atoms with Crippen LogP contribution in [0.1, 0.15) is 34.6 Å². The van der Waals surface area contributed by atoms with Crippen molar-refractivity contribution in [3.05, 3.63) is 24.0 Å². The average molecular weight is 194 g/mol. The minimum atomic E-state index is 0.384. The normalized spacial score (nSPS) is 12.9. The van der Waals surface area contributed by atoms with Crippen molar-refractivity contribution in [1.82, 2.24) is 5.32 Å². The summed E-state index contributed by atoms with van der Waals surface area (Å²) in [7, 11) is 0. The molecule has 14 heavy (non-hydrogen) atoms. The van der Waals surface area contributed by atoms with E-state index in [1.54, 1.807) is 6.21 Å². The molecule has 0 aliphatic carbocycles. The van der Waals surface area contributed by atoms with Crippen LogP contribution in [0.4, 0.5) is 0 Å². The second-order valence-corrected chi connectivity index (χ2v) is 4.09. The summed E-state index contributed by atoms with van der Waals surface area (Å²) < 4.78 is 0. The molecule has 0 amide bonds. The predicted octanol–water partition coefficient (Wildman–Crippen LogP) is 3.13. The summed E-state index contributed by atoms with van der Waals surface area (Å²) in [4.78, 5) is 4.18. The van der Waals surface area contributed by atoms with Gasteiger partial charge in [0.1, 0.15) is 5.82 Å². The maximum absolute atomic E-state index is 4.18. The first kappa shape index (κ1) is 12.9.